The third-order valence-corrected chi connectivity index (χ3v) is 7.11. The summed E-state index contributed by atoms with van der Waals surface area (Å²) >= 11 is 3.63. The fraction of sp³-hybridized carbons (Fsp3) is 0.483. The quantitative estimate of drug-likeness (QED) is 0.304. The molecule has 2 aliphatic rings. The van der Waals surface area contributed by atoms with Gasteiger partial charge in [0.15, 0.2) is 17.3 Å². The van der Waals surface area contributed by atoms with Gasteiger partial charge in [-0.25, -0.2) is 4.79 Å². The van der Waals surface area contributed by atoms with E-state index in [1.165, 1.54) is 0 Å². The molecule has 1 aromatic carbocycles. The van der Waals surface area contributed by atoms with E-state index in [0.29, 0.717) is 59.2 Å². The van der Waals surface area contributed by atoms with Crippen molar-refractivity contribution in [3.8, 4) is 17.6 Å². The molecule has 1 amide bonds. The van der Waals surface area contributed by atoms with E-state index >= 15 is 0 Å². The molecular formula is C29H36BrN3O5. The average Bonchev–Trinajstić information content (AvgIpc) is 2.86. The summed E-state index contributed by atoms with van der Waals surface area (Å²) in [5.41, 5.74) is 3.72. The second-order valence-corrected chi connectivity index (χ2v) is 10.1. The summed E-state index contributed by atoms with van der Waals surface area (Å²) in [5.74, 6) is 0.998. The van der Waals surface area contributed by atoms with Gasteiger partial charge in [0.05, 0.1) is 35.2 Å². The zero-order valence-corrected chi connectivity index (χ0v) is 24.1. The first kappa shape index (κ1) is 29.3. The minimum absolute atomic E-state index is 0.0958. The molecule has 8 nitrogen and oxygen atoms in total. The molecule has 0 fully saturated rings. The van der Waals surface area contributed by atoms with Gasteiger partial charge in [0.25, 0.3) is 0 Å². The zero-order chi connectivity index (χ0) is 27.7. The van der Waals surface area contributed by atoms with Crippen LogP contribution in [0.3, 0.4) is 0 Å². The van der Waals surface area contributed by atoms with Gasteiger partial charge in [-0.3, -0.25) is 4.79 Å². The lowest BCUT2D eigenvalue weighted by Gasteiger charge is -2.35. The highest BCUT2D eigenvalue weighted by Gasteiger charge is 2.39. The van der Waals surface area contributed by atoms with Gasteiger partial charge in [-0.1, -0.05) is 19.4 Å². The van der Waals surface area contributed by atoms with Gasteiger partial charge in [0, 0.05) is 29.9 Å². The lowest BCUT2D eigenvalue weighted by Crippen LogP contribution is -2.34. The van der Waals surface area contributed by atoms with Gasteiger partial charge >= 0.3 is 6.09 Å². The Bertz CT molecular complexity index is 1180. The Balaban J connectivity index is 1.89. The van der Waals surface area contributed by atoms with Crippen molar-refractivity contribution in [2.75, 3.05) is 26.4 Å². The highest BCUT2D eigenvalue weighted by molar-refractivity contribution is 9.10. The lowest BCUT2D eigenvalue weighted by atomic mass is 9.72. The molecule has 2 unspecified atom stereocenters. The first-order valence-electron chi connectivity index (χ1n) is 13.1. The van der Waals surface area contributed by atoms with Crippen molar-refractivity contribution in [2.45, 2.75) is 59.3 Å². The van der Waals surface area contributed by atoms with Crippen LogP contribution in [0, 0.1) is 17.2 Å². The van der Waals surface area contributed by atoms with Crippen LogP contribution >= 0.6 is 15.9 Å². The first-order chi connectivity index (χ1) is 18.3. The van der Waals surface area contributed by atoms with Crippen molar-refractivity contribution in [1.29, 1.82) is 5.26 Å². The van der Waals surface area contributed by atoms with E-state index < -0.39 is 12.0 Å². The molecule has 0 radical (unpaired) electrons. The number of allylic oxidation sites excluding steroid dienone is 4. The molecule has 1 heterocycles. The summed E-state index contributed by atoms with van der Waals surface area (Å²) in [7, 11) is 0. The van der Waals surface area contributed by atoms with Gasteiger partial charge in [-0.2, -0.15) is 5.26 Å². The second kappa shape index (κ2) is 14.1. The third-order valence-electron chi connectivity index (χ3n) is 6.52. The van der Waals surface area contributed by atoms with Crippen LogP contribution in [-0.2, 0) is 9.53 Å². The number of nitrogens with zero attached hydrogens (tertiary/aromatic N) is 1. The molecular weight excluding hydrogens is 550 g/mol. The molecule has 204 valence electrons. The fourth-order valence-corrected chi connectivity index (χ4v) is 5.55. The summed E-state index contributed by atoms with van der Waals surface area (Å²) in [5, 5.41) is 16.0. The zero-order valence-electron chi connectivity index (χ0n) is 22.5. The Kier molecular flexibility index (Phi) is 10.8. The summed E-state index contributed by atoms with van der Waals surface area (Å²) in [6.45, 7) is 8.98. The summed E-state index contributed by atoms with van der Waals surface area (Å²) < 4.78 is 17.4. The van der Waals surface area contributed by atoms with Gasteiger partial charge in [-0.15, -0.1) is 0 Å². The van der Waals surface area contributed by atoms with Crippen LogP contribution in [0.2, 0.25) is 0 Å². The summed E-state index contributed by atoms with van der Waals surface area (Å²) in [6, 6.07) is 6.11. The van der Waals surface area contributed by atoms with Crippen LogP contribution in [0.5, 0.6) is 11.5 Å². The van der Waals surface area contributed by atoms with Crippen LogP contribution in [-0.4, -0.2) is 38.2 Å². The number of alkyl carbamates (subject to hydrolysis) is 1. The number of carbonyl (C=O) groups excluding carboxylic acids is 2. The minimum Gasteiger partial charge on any atom is -0.490 e. The van der Waals surface area contributed by atoms with E-state index in [1.54, 1.807) is 19.1 Å². The number of rotatable bonds is 11. The van der Waals surface area contributed by atoms with E-state index in [0.717, 1.165) is 36.2 Å². The van der Waals surface area contributed by atoms with Crippen LogP contribution in [0.15, 0.2) is 51.3 Å². The molecule has 1 aliphatic heterocycles. The predicted molar refractivity (Wildman–Crippen MR) is 149 cm³/mol. The molecule has 1 aromatic rings. The van der Waals surface area contributed by atoms with E-state index in [1.807, 2.05) is 26.0 Å². The molecule has 2 N–H and O–H groups in total. The van der Waals surface area contributed by atoms with E-state index in [4.69, 9.17) is 14.2 Å². The molecule has 1 aliphatic carbocycles. The second-order valence-electron chi connectivity index (χ2n) is 9.23. The molecule has 0 saturated heterocycles. The number of hydrogen-bond donors (Lipinski definition) is 2. The number of nitriles is 1. The number of halogens is 1. The number of amides is 1. The average molecular weight is 587 g/mol. The number of ether oxygens (including phenoxy) is 3. The van der Waals surface area contributed by atoms with E-state index in [2.05, 4.69) is 39.6 Å². The van der Waals surface area contributed by atoms with Crippen molar-refractivity contribution >= 4 is 27.8 Å². The monoisotopic (exact) mass is 585 g/mol. The maximum atomic E-state index is 13.4. The molecule has 9 heteroatoms. The highest BCUT2D eigenvalue weighted by Crippen LogP contribution is 2.47. The normalized spacial score (nSPS) is 19.1. The minimum atomic E-state index is -0.468. The Labute approximate surface area is 233 Å². The maximum absolute atomic E-state index is 13.4. The Morgan fingerprint density at radius 1 is 1.21 bits per heavy atom. The standard InChI is InChI=1S/C29H36BrN3O5/c1-5-10-19-13-23-27(24(34)14-19)26(21(17-31)18(4)33-23)20-15-22(30)28(25(16-20)36-6-2)38-12-9-8-11-32-29(35)37-7-3/h8-9,15-16,19,26,33H,5-7,10-14H2,1-4H3,(H,32,35)/b9-8+. The number of benzene rings is 1. The number of ketones is 1. The number of Topliss-reactive ketones (excluding diaryl/α,β-unsaturated/α-hetero) is 1. The number of hydrogen-bond acceptors (Lipinski definition) is 7. The predicted octanol–water partition coefficient (Wildman–Crippen LogP) is 6.05. The molecule has 0 saturated carbocycles. The van der Waals surface area contributed by atoms with Crippen molar-refractivity contribution in [2.24, 2.45) is 5.92 Å². The topological polar surface area (TPSA) is 110 Å². The lowest BCUT2D eigenvalue weighted by molar-refractivity contribution is -0.117. The van der Waals surface area contributed by atoms with E-state index in [9.17, 15) is 14.9 Å². The van der Waals surface area contributed by atoms with Crippen molar-refractivity contribution in [1.82, 2.24) is 10.6 Å². The number of carbonyl (C=O) groups is 2. The Morgan fingerprint density at radius 2 is 2.00 bits per heavy atom. The van der Waals surface area contributed by atoms with Crippen LogP contribution in [0.4, 0.5) is 4.79 Å². The Morgan fingerprint density at radius 3 is 2.68 bits per heavy atom. The molecule has 0 spiro atoms. The third kappa shape index (κ3) is 6.98. The fourth-order valence-electron chi connectivity index (χ4n) is 4.98. The SMILES string of the molecule is CCCC1CC(=O)C2=C(C1)NC(C)=C(C#N)C2c1cc(Br)c(OC/C=C/CNC(=O)OCC)c(OCC)c1. The highest BCUT2D eigenvalue weighted by atomic mass is 79.9. The van der Waals surface area contributed by atoms with Crippen LogP contribution in [0.1, 0.15) is 64.9 Å². The summed E-state index contributed by atoms with van der Waals surface area (Å²) in [4.78, 5) is 24.8. The van der Waals surface area contributed by atoms with Crippen LogP contribution < -0.4 is 20.1 Å². The molecule has 0 aromatic heterocycles. The van der Waals surface area contributed by atoms with Gasteiger partial charge in [-0.05, 0) is 79.2 Å². The van der Waals surface area contributed by atoms with Gasteiger partial charge in [0.1, 0.15) is 6.61 Å². The van der Waals surface area contributed by atoms with Gasteiger partial charge in [0.2, 0.25) is 0 Å². The van der Waals surface area contributed by atoms with Crippen molar-refractivity contribution < 1.29 is 23.8 Å². The first-order valence-corrected chi connectivity index (χ1v) is 13.9. The Hall–Kier alpha value is -3.25. The number of nitrogens with one attached hydrogen (secondary N) is 2. The summed E-state index contributed by atoms with van der Waals surface area (Å²) in [6.07, 6.45) is 6.44. The largest absolute Gasteiger partial charge is 0.490 e. The molecule has 0 bridgehead atoms. The van der Waals surface area contributed by atoms with E-state index in [-0.39, 0.29) is 12.4 Å². The van der Waals surface area contributed by atoms with Crippen molar-refractivity contribution in [3.63, 3.8) is 0 Å². The van der Waals surface area contributed by atoms with Crippen LogP contribution in [0.25, 0.3) is 0 Å². The molecule has 38 heavy (non-hydrogen) atoms. The maximum Gasteiger partial charge on any atom is 0.407 e. The number of dihydropyridines is 1. The molecule has 3 rings (SSSR count). The molecule has 2 atom stereocenters. The smallest absolute Gasteiger partial charge is 0.407 e. The van der Waals surface area contributed by atoms with Crippen molar-refractivity contribution in [3.05, 3.63) is 56.9 Å². The van der Waals surface area contributed by atoms with Gasteiger partial charge < -0.3 is 24.8 Å².